The van der Waals surface area contributed by atoms with Crippen LogP contribution in [0.3, 0.4) is 0 Å². The zero-order chi connectivity index (χ0) is 12.7. The van der Waals surface area contributed by atoms with E-state index in [2.05, 4.69) is 50.5 Å². The van der Waals surface area contributed by atoms with E-state index in [1.165, 1.54) is 4.88 Å². The first kappa shape index (κ1) is 13.1. The molecular formula is C14H24N2S. The Hall–Kier alpha value is -0.380. The Morgan fingerprint density at radius 3 is 2.35 bits per heavy atom. The highest BCUT2D eigenvalue weighted by molar-refractivity contribution is 7.10. The van der Waals surface area contributed by atoms with Crippen molar-refractivity contribution >= 4 is 11.3 Å². The van der Waals surface area contributed by atoms with Gasteiger partial charge in [0.05, 0.1) is 0 Å². The van der Waals surface area contributed by atoms with Crippen LogP contribution in [0.15, 0.2) is 17.5 Å². The highest BCUT2D eigenvalue weighted by atomic mass is 32.1. The third-order valence-corrected chi connectivity index (χ3v) is 4.57. The minimum absolute atomic E-state index is 0.182. The summed E-state index contributed by atoms with van der Waals surface area (Å²) in [6.07, 6.45) is 2.30. The predicted octanol–water partition coefficient (Wildman–Crippen LogP) is 3.30. The van der Waals surface area contributed by atoms with E-state index >= 15 is 0 Å². The van der Waals surface area contributed by atoms with Gasteiger partial charge >= 0.3 is 0 Å². The maximum absolute atomic E-state index is 6.44. The summed E-state index contributed by atoms with van der Waals surface area (Å²) in [7, 11) is 0. The molecule has 0 bridgehead atoms. The molecule has 1 aliphatic rings. The van der Waals surface area contributed by atoms with Crippen LogP contribution in [0.4, 0.5) is 0 Å². The Labute approximate surface area is 109 Å². The fraction of sp³-hybridized carbons (Fsp3) is 0.714. The van der Waals surface area contributed by atoms with Gasteiger partial charge in [-0.1, -0.05) is 6.07 Å². The van der Waals surface area contributed by atoms with Crippen molar-refractivity contribution in [3.63, 3.8) is 0 Å². The molecule has 3 heteroatoms. The molecular weight excluding hydrogens is 228 g/mol. The molecule has 2 nitrogen and oxygen atoms in total. The average molecular weight is 252 g/mol. The molecule has 1 fully saturated rings. The molecule has 1 atom stereocenters. The van der Waals surface area contributed by atoms with E-state index < -0.39 is 0 Å². The third-order valence-electron chi connectivity index (χ3n) is 3.60. The van der Waals surface area contributed by atoms with Gasteiger partial charge < -0.3 is 11.1 Å². The summed E-state index contributed by atoms with van der Waals surface area (Å²) in [4.78, 5) is 1.32. The maximum atomic E-state index is 6.44. The summed E-state index contributed by atoms with van der Waals surface area (Å²) in [6, 6.07) is 4.45. The third kappa shape index (κ3) is 3.09. The Morgan fingerprint density at radius 2 is 1.88 bits per heavy atom. The molecule has 1 aliphatic heterocycles. The van der Waals surface area contributed by atoms with E-state index in [0.717, 1.165) is 12.8 Å². The zero-order valence-electron chi connectivity index (χ0n) is 11.3. The first-order chi connectivity index (χ1) is 7.79. The highest BCUT2D eigenvalue weighted by Crippen LogP contribution is 2.39. The minimum atomic E-state index is 0.182. The van der Waals surface area contributed by atoms with Crippen LogP contribution in [-0.2, 0) is 0 Å². The standard InChI is InChI=1S/C14H24N2S/c1-13(2)8-10(9-14(3,4)16-13)12(15)11-6-5-7-17-11/h5-7,10,12,16H,8-9,15H2,1-4H3. The number of hydrogen-bond donors (Lipinski definition) is 2. The second-order valence-electron chi connectivity index (χ2n) is 6.60. The number of rotatable bonds is 2. The van der Waals surface area contributed by atoms with E-state index in [9.17, 15) is 0 Å². The van der Waals surface area contributed by atoms with Crippen molar-refractivity contribution in [1.29, 1.82) is 0 Å². The van der Waals surface area contributed by atoms with Crippen LogP contribution in [0.2, 0.25) is 0 Å². The topological polar surface area (TPSA) is 38.0 Å². The molecule has 2 heterocycles. The normalized spacial score (nSPS) is 25.7. The van der Waals surface area contributed by atoms with Crippen molar-refractivity contribution in [2.45, 2.75) is 57.7 Å². The van der Waals surface area contributed by atoms with E-state index in [1.54, 1.807) is 11.3 Å². The molecule has 0 saturated carbocycles. The molecule has 1 unspecified atom stereocenters. The Kier molecular flexibility index (Phi) is 3.36. The highest BCUT2D eigenvalue weighted by Gasteiger charge is 2.40. The van der Waals surface area contributed by atoms with Gasteiger partial charge in [0.1, 0.15) is 0 Å². The Balaban J connectivity index is 2.16. The van der Waals surface area contributed by atoms with Gasteiger partial charge in [-0.25, -0.2) is 0 Å². The molecule has 0 spiro atoms. The van der Waals surface area contributed by atoms with Crippen molar-refractivity contribution in [2.24, 2.45) is 11.7 Å². The molecule has 1 aromatic rings. The number of hydrogen-bond acceptors (Lipinski definition) is 3. The molecule has 0 amide bonds. The molecule has 17 heavy (non-hydrogen) atoms. The monoisotopic (exact) mass is 252 g/mol. The largest absolute Gasteiger partial charge is 0.323 e. The average Bonchev–Trinajstić information content (AvgIpc) is 2.63. The fourth-order valence-corrected chi connectivity index (χ4v) is 4.19. The van der Waals surface area contributed by atoms with Gasteiger partial charge in [-0.3, -0.25) is 0 Å². The summed E-state index contributed by atoms with van der Waals surface area (Å²) in [5, 5.41) is 5.83. The molecule has 1 aromatic heterocycles. The molecule has 2 rings (SSSR count). The van der Waals surface area contributed by atoms with Crippen molar-refractivity contribution in [3.05, 3.63) is 22.4 Å². The van der Waals surface area contributed by atoms with Gasteiger partial charge in [0.25, 0.3) is 0 Å². The quantitative estimate of drug-likeness (QED) is 0.847. The summed E-state index contributed by atoms with van der Waals surface area (Å²) < 4.78 is 0. The van der Waals surface area contributed by atoms with Crippen LogP contribution in [0.5, 0.6) is 0 Å². The molecule has 96 valence electrons. The van der Waals surface area contributed by atoms with Gasteiger partial charge in [0.15, 0.2) is 0 Å². The van der Waals surface area contributed by atoms with Crippen LogP contribution in [-0.4, -0.2) is 11.1 Å². The van der Waals surface area contributed by atoms with Crippen molar-refractivity contribution in [3.8, 4) is 0 Å². The summed E-state index contributed by atoms with van der Waals surface area (Å²) in [5.74, 6) is 0.569. The molecule has 0 radical (unpaired) electrons. The van der Waals surface area contributed by atoms with Gasteiger partial charge in [0.2, 0.25) is 0 Å². The lowest BCUT2D eigenvalue weighted by Crippen LogP contribution is -2.58. The van der Waals surface area contributed by atoms with Crippen LogP contribution < -0.4 is 11.1 Å². The van der Waals surface area contributed by atoms with E-state index in [-0.39, 0.29) is 17.1 Å². The zero-order valence-corrected chi connectivity index (χ0v) is 12.1. The SMILES string of the molecule is CC1(C)CC(C(N)c2cccs2)CC(C)(C)N1. The molecule has 0 aromatic carbocycles. The van der Waals surface area contributed by atoms with Crippen molar-refractivity contribution in [1.82, 2.24) is 5.32 Å². The number of thiophene rings is 1. The Morgan fingerprint density at radius 1 is 1.29 bits per heavy atom. The van der Waals surface area contributed by atoms with E-state index in [1.807, 2.05) is 0 Å². The lowest BCUT2D eigenvalue weighted by Gasteiger charge is -2.48. The van der Waals surface area contributed by atoms with Crippen LogP contribution in [0, 0.1) is 5.92 Å². The molecule has 1 saturated heterocycles. The van der Waals surface area contributed by atoms with Crippen LogP contribution >= 0.6 is 11.3 Å². The van der Waals surface area contributed by atoms with Gasteiger partial charge in [0, 0.05) is 22.0 Å². The second-order valence-corrected chi connectivity index (χ2v) is 7.58. The Bertz CT molecular complexity index is 352. The van der Waals surface area contributed by atoms with Crippen molar-refractivity contribution < 1.29 is 0 Å². The predicted molar refractivity (Wildman–Crippen MR) is 75.3 cm³/mol. The lowest BCUT2D eigenvalue weighted by atomic mass is 9.73. The number of piperidine rings is 1. The maximum Gasteiger partial charge on any atom is 0.0419 e. The summed E-state index contributed by atoms with van der Waals surface area (Å²) in [5.41, 5.74) is 6.80. The molecule has 0 aliphatic carbocycles. The van der Waals surface area contributed by atoms with Crippen molar-refractivity contribution in [2.75, 3.05) is 0 Å². The minimum Gasteiger partial charge on any atom is -0.323 e. The summed E-state index contributed by atoms with van der Waals surface area (Å²) in [6.45, 7) is 9.12. The number of nitrogens with one attached hydrogen (secondary N) is 1. The number of nitrogens with two attached hydrogens (primary N) is 1. The first-order valence-corrected chi connectivity index (χ1v) is 7.25. The van der Waals surface area contributed by atoms with Gasteiger partial charge in [-0.2, -0.15) is 0 Å². The fourth-order valence-electron chi connectivity index (χ4n) is 3.37. The van der Waals surface area contributed by atoms with E-state index in [4.69, 9.17) is 5.73 Å². The lowest BCUT2D eigenvalue weighted by molar-refractivity contribution is 0.114. The van der Waals surface area contributed by atoms with Crippen LogP contribution in [0.25, 0.3) is 0 Å². The second kappa shape index (κ2) is 4.38. The smallest absolute Gasteiger partial charge is 0.0419 e. The van der Waals surface area contributed by atoms with Gasteiger partial charge in [-0.15, -0.1) is 11.3 Å². The molecule has 3 N–H and O–H groups in total. The van der Waals surface area contributed by atoms with Crippen LogP contribution in [0.1, 0.15) is 51.5 Å². The summed E-state index contributed by atoms with van der Waals surface area (Å²) >= 11 is 1.78. The van der Waals surface area contributed by atoms with Gasteiger partial charge in [-0.05, 0) is 57.9 Å². The first-order valence-electron chi connectivity index (χ1n) is 6.37. The van der Waals surface area contributed by atoms with E-state index in [0.29, 0.717) is 5.92 Å².